The van der Waals surface area contributed by atoms with Crippen LogP contribution in [0.4, 0.5) is 5.69 Å². The Labute approximate surface area is 135 Å². The molecule has 0 radical (unpaired) electrons. The monoisotopic (exact) mass is 399 g/mol. The molecule has 3 rings (SSSR count). The highest BCUT2D eigenvalue weighted by molar-refractivity contribution is 14.1. The predicted octanol–water partition coefficient (Wildman–Crippen LogP) is 3.34. The van der Waals surface area contributed by atoms with Crippen LogP contribution in [0.1, 0.15) is 29.2 Å². The number of carbonyl (C=O) groups excluding carboxylic acids is 1. The van der Waals surface area contributed by atoms with Gasteiger partial charge in [-0.3, -0.25) is 4.79 Å². The second kappa shape index (κ2) is 5.46. The van der Waals surface area contributed by atoms with Gasteiger partial charge >= 0.3 is 0 Å². The van der Waals surface area contributed by atoms with Crippen LogP contribution in [0.25, 0.3) is 0 Å². The van der Waals surface area contributed by atoms with Crippen LogP contribution in [-0.4, -0.2) is 18.1 Å². The lowest BCUT2D eigenvalue weighted by Gasteiger charge is -2.26. The van der Waals surface area contributed by atoms with E-state index >= 15 is 0 Å². The van der Waals surface area contributed by atoms with Gasteiger partial charge < -0.3 is 10.0 Å². The lowest BCUT2D eigenvalue weighted by molar-refractivity contribution is -0.118. The molecule has 2 heterocycles. The molecular formula is C15H14INO2S. The van der Waals surface area contributed by atoms with E-state index in [0.717, 1.165) is 28.8 Å². The Morgan fingerprint density at radius 2 is 2.10 bits per heavy atom. The second-order valence-electron chi connectivity index (χ2n) is 4.93. The molecule has 1 amide bonds. The number of aliphatic hydroxyl groups is 1. The molecule has 0 spiro atoms. The summed E-state index contributed by atoms with van der Waals surface area (Å²) in [7, 11) is 1.80. The smallest absolute Gasteiger partial charge is 0.227 e. The lowest BCUT2D eigenvalue weighted by atomic mass is 9.95. The maximum Gasteiger partial charge on any atom is 0.227 e. The van der Waals surface area contributed by atoms with Gasteiger partial charge in [-0.25, -0.2) is 0 Å². The molecule has 1 unspecified atom stereocenters. The summed E-state index contributed by atoms with van der Waals surface area (Å²) in [6.07, 6.45) is 0.697. The van der Waals surface area contributed by atoms with Crippen molar-refractivity contribution in [2.75, 3.05) is 11.9 Å². The molecule has 0 aliphatic carbocycles. The van der Waals surface area contributed by atoms with Crippen LogP contribution in [0.2, 0.25) is 0 Å². The van der Waals surface area contributed by atoms with E-state index in [9.17, 15) is 9.90 Å². The standard InChI is InChI=1S/C15H14INO2S/c1-17-12-4-2-10(6-9(12)3-5-14(17)18)15(19)11-7-13(16)20-8-11/h2,4,6-8,15,19H,3,5H2,1H3. The van der Waals surface area contributed by atoms with E-state index in [1.54, 1.807) is 23.3 Å². The first-order chi connectivity index (χ1) is 9.56. The van der Waals surface area contributed by atoms with E-state index < -0.39 is 6.10 Å². The highest BCUT2D eigenvalue weighted by Crippen LogP contribution is 2.32. The molecule has 1 aliphatic heterocycles. The summed E-state index contributed by atoms with van der Waals surface area (Å²) in [6, 6.07) is 7.86. The third-order valence-corrected chi connectivity index (χ3v) is 5.47. The first-order valence-electron chi connectivity index (χ1n) is 6.37. The zero-order chi connectivity index (χ0) is 14.3. The fourth-order valence-electron chi connectivity index (χ4n) is 2.51. The van der Waals surface area contributed by atoms with Crippen LogP contribution in [0.15, 0.2) is 29.6 Å². The van der Waals surface area contributed by atoms with Gasteiger partial charge in [-0.05, 0) is 63.2 Å². The van der Waals surface area contributed by atoms with Crippen LogP contribution in [0, 0.1) is 2.88 Å². The van der Waals surface area contributed by atoms with Crippen molar-refractivity contribution >= 4 is 45.5 Å². The van der Waals surface area contributed by atoms with Crippen molar-refractivity contribution in [3.05, 3.63) is 49.2 Å². The Bertz CT molecular complexity index is 668. The number of hydrogen-bond acceptors (Lipinski definition) is 3. The fourth-order valence-corrected chi connectivity index (χ4v) is 3.90. The zero-order valence-corrected chi connectivity index (χ0v) is 13.9. The predicted molar refractivity (Wildman–Crippen MR) is 89.3 cm³/mol. The number of carbonyl (C=O) groups is 1. The maximum absolute atomic E-state index is 11.7. The second-order valence-corrected chi connectivity index (χ2v) is 7.73. The summed E-state index contributed by atoms with van der Waals surface area (Å²) in [5.74, 6) is 0.151. The third-order valence-electron chi connectivity index (χ3n) is 3.67. The van der Waals surface area contributed by atoms with Crippen LogP contribution in [0.3, 0.4) is 0 Å². The number of aryl methyl sites for hydroxylation is 1. The molecule has 5 heteroatoms. The molecule has 1 aliphatic rings. The molecule has 1 aromatic heterocycles. The summed E-state index contributed by atoms with van der Waals surface area (Å²) in [5, 5.41) is 12.4. The maximum atomic E-state index is 11.7. The molecule has 0 saturated heterocycles. The molecule has 3 nitrogen and oxygen atoms in total. The first kappa shape index (κ1) is 14.0. The van der Waals surface area contributed by atoms with Crippen molar-refractivity contribution in [2.24, 2.45) is 0 Å². The number of amides is 1. The minimum absolute atomic E-state index is 0.151. The Balaban J connectivity index is 1.95. The van der Waals surface area contributed by atoms with Crippen molar-refractivity contribution < 1.29 is 9.90 Å². The van der Waals surface area contributed by atoms with E-state index in [1.807, 2.05) is 29.6 Å². The van der Waals surface area contributed by atoms with Gasteiger partial charge in [0.15, 0.2) is 0 Å². The Hall–Kier alpha value is -0.920. The number of anilines is 1. The highest BCUT2D eigenvalue weighted by Gasteiger charge is 2.22. The summed E-state index contributed by atoms with van der Waals surface area (Å²) in [5.41, 5.74) is 3.91. The molecule has 1 aromatic carbocycles. The molecular weight excluding hydrogens is 385 g/mol. The topological polar surface area (TPSA) is 40.5 Å². The number of benzene rings is 1. The van der Waals surface area contributed by atoms with Crippen molar-refractivity contribution in [2.45, 2.75) is 18.9 Å². The summed E-state index contributed by atoms with van der Waals surface area (Å²) < 4.78 is 1.17. The van der Waals surface area contributed by atoms with Gasteiger partial charge in [-0.15, -0.1) is 11.3 Å². The van der Waals surface area contributed by atoms with Crippen LogP contribution in [-0.2, 0) is 11.2 Å². The third kappa shape index (κ3) is 2.49. The summed E-state index contributed by atoms with van der Waals surface area (Å²) >= 11 is 3.89. The normalized spacial score (nSPS) is 16.1. The van der Waals surface area contributed by atoms with Crippen molar-refractivity contribution in [3.8, 4) is 0 Å². The minimum Gasteiger partial charge on any atom is -0.384 e. The van der Waals surface area contributed by atoms with Gasteiger partial charge in [0.25, 0.3) is 0 Å². The molecule has 0 saturated carbocycles. The van der Waals surface area contributed by atoms with E-state index in [1.165, 1.54) is 2.88 Å². The number of thiophene rings is 1. The molecule has 1 N–H and O–H groups in total. The summed E-state index contributed by atoms with van der Waals surface area (Å²) in [6.45, 7) is 0. The first-order valence-corrected chi connectivity index (χ1v) is 8.33. The number of rotatable bonds is 2. The quantitative estimate of drug-likeness (QED) is 0.788. The lowest BCUT2D eigenvalue weighted by Crippen LogP contribution is -2.31. The molecule has 2 aromatic rings. The van der Waals surface area contributed by atoms with Crippen LogP contribution in [0.5, 0.6) is 0 Å². The number of fused-ring (bicyclic) bond motifs is 1. The van der Waals surface area contributed by atoms with Crippen LogP contribution < -0.4 is 4.90 Å². The van der Waals surface area contributed by atoms with Crippen molar-refractivity contribution in [1.29, 1.82) is 0 Å². The largest absolute Gasteiger partial charge is 0.384 e. The van der Waals surface area contributed by atoms with Crippen molar-refractivity contribution in [1.82, 2.24) is 0 Å². The fraction of sp³-hybridized carbons (Fsp3) is 0.267. The van der Waals surface area contributed by atoms with Crippen molar-refractivity contribution in [3.63, 3.8) is 0 Å². The van der Waals surface area contributed by atoms with Gasteiger partial charge in [-0.1, -0.05) is 12.1 Å². The Morgan fingerprint density at radius 1 is 1.30 bits per heavy atom. The number of hydrogen-bond donors (Lipinski definition) is 1. The van der Waals surface area contributed by atoms with E-state index in [4.69, 9.17) is 0 Å². The highest BCUT2D eigenvalue weighted by atomic mass is 127. The number of nitrogens with zero attached hydrogens (tertiary/aromatic N) is 1. The Kier molecular flexibility index (Phi) is 3.83. The SMILES string of the molecule is CN1C(=O)CCc2cc(C(O)c3csc(I)c3)ccc21. The molecule has 104 valence electrons. The average molecular weight is 399 g/mol. The van der Waals surface area contributed by atoms with Crippen LogP contribution >= 0.6 is 33.9 Å². The summed E-state index contributed by atoms with van der Waals surface area (Å²) in [4.78, 5) is 13.4. The zero-order valence-electron chi connectivity index (χ0n) is 11.0. The molecule has 20 heavy (non-hydrogen) atoms. The van der Waals surface area contributed by atoms with E-state index in [0.29, 0.717) is 6.42 Å². The van der Waals surface area contributed by atoms with E-state index in [-0.39, 0.29) is 5.91 Å². The molecule has 1 atom stereocenters. The minimum atomic E-state index is -0.594. The number of aliphatic hydroxyl groups excluding tert-OH is 1. The number of halogens is 1. The van der Waals surface area contributed by atoms with E-state index in [2.05, 4.69) is 22.6 Å². The molecule has 0 bridgehead atoms. The average Bonchev–Trinajstić information content (AvgIpc) is 2.88. The van der Waals surface area contributed by atoms with Gasteiger partial charge in [0.05, 0.1) is 2.88 Å². The van der Waals surface area contributed by atoms with Gasteiger partial charge in [0, 0.05) is 19.2 Å². The molecule has 0 fully saturated rings. The van der Waals surface area contributed by atoms with Gasteiger partial charge in [0.1, 0.15) is 6.10 Å². The van der Waals surface area contributed by atoms with Gasteiger partial charge in [-0.2, -0.15) is 0 Å². The Morgan fingerprint density at radius 3 is 2.80 bits per heavy atom. The van der Waals surface area contributed by atoms with Gasteiger partial charge in [0.2, 0.25) is 5.91 Å².